The zero-order valence-electron chi connectivity index (χ0n) is 28.1. The second kappa shape index (κ2) is 12.7. The maximum absolute atomic E-state index is 11.6. The Kier molecular flexibility index (Phi) is 9.29. The number of nitrogens with zero attached hydrogens (tertiary/aromatic N) is 3. The van der Waals surface area contributed by atoms with Crippen molar-refractivity contribution < 1.29 is 23.8 Å². The number of fused-ring (bicyclic) bond motifs is 1. The van der Waals surface area contributed by atoms with E-state index in [4.69, 9.17) is 19.0 Å². The van der Waals surface area contributed by atoms with Gasteiger partial charge in [-0.1, -0.05) is 53.7 Å². The molecule has 5 rings (SSSR count). The lowest BCUT2D eigenvalue weighted by molar-refractivity contribution is 0.0824. The Morgan fingerprint density at radius 3 is 2.49 bits per heavy atom. The molecule has 3 heterocycles. The van der Waals surface area contributed by atoms with Crippen LogP contribution in [0.15, 0.2) is 48.7 Å². The molecule has 2 aromatic carbocycles. The van der Waals surface area contributed by atoms with Gasteiger partial charge in [0.05, 0.1) is 30.2 Å². The van der Waals surface area contributed by atoms with Gasteiger partial charge < -0.3 is 29.2 Å². The maximum Gasteiger partial charge on any atom is 0.407 e. The Morgan fingerprint density at radius 2 is 1.87 bits per heavy atom. The van der Waals surface area contributed by atoms with Gasteiger partial charge >= 0.3 is 6.09 Å². The summed E-state index contributed by atoms with van der Waals surface area (Å²) in [5.74, 6) is 1.73. The molecule has 1 saturated heterocycles. The molecule has 0 spiro atoms. The maximum atomic E-state index is 11.6. The summed E-state index contributed by atoms with van der Waals surface area (Å²) >= 11 is 0. The summed E-state index contributed by atoms with van der Waals surface area (Å²) < 4.78 is 21.3. The third-order valence-electron chi connectivity index (χ3n) is 9.57. The molecule has 1 fully saturated rings. The quantitative estimate of drug-likeness (QED) is 0.230. The van der Waals surface area contributed by atoms with Crippen LogP contribution < -0.4 is 14.5 Å². The Balaban J connectivity index is 1.41. The van der Waals surface area contributed by atoms with Crippen molar-refractivity contribution in [2.24, 2.45) is 5.41 Å². The van der Waals surface area contributed by atoms with Crippen LogP contribution in [-0.2, 0) is 24.1 Å². The van der Waals surface area contributed by atoms with Gasteiger partial charge in [-0.2, -0.15) is 5.10 Å². The van der Waals surface area contributed by atoms with Gasteiger partial charge in [0.15, 0.2) is 0 Å². The highest BCUT2D eigenvalue weighted by molar-refractivity contribution is 6.74. The van der Waals surface area contributed by atoms with E-state index in [1.54, 1.807) is 0 Å². The summed E-state index contributed by atoms with van der Waals surface area (Å²) in [6.45, 7) is 20.1. The van der Waals surface area contributed by atoms with Gasteiger partial charge in [-0.3, -0.25) is 4.68 Å². The molecule has 2 atom stereocenters. The molecule has 9 nitrogen and oxygen atoms in total. The Bertz CT molecular complexity index is 1480. The first-order valence-corrected chi connectivity index (χ1v) is 19.0. The Morgan fingerprint density at radius 1 is 1.13 bits per heavy atom. The summed E-state index contributed by atoms with van der Waals surface area (Å²) in [7, 11) is -1.93. The SMILES string of the molecule is CC(C)(C)C(Cc1c(Nc2ccc(O[Si](C)(C)C(C)(C)C)cc2)cnn1C1CCOC1)Oc1cccc2c1CCN(C(=O)O)C2. The van der Waals surface area contributed by atoms with Gasteiger partial charge in [0.25, 0.3) is 0 Å². The van der Waals surface area contributed by atoms with Crippen LogP contribution in [0.2, 0.25) is 18.1 Å². The van der Waals surface area contributed by atoms with Crippen LogP contribution in [0.1, 0.15) is 70.8 Å². The fraction of sp³-hybridized carbons (Fsp3) is 0.543. The van der Waals surface area contributed by atoms with Crippen LogP contribution in [-0.4, -0.2) is 60.1 Å². The molecule has 0 bridgehead atoms. The molecule has 2 aliphatic rings. The van der Waals surface area contributed by atoms with Gasteiger partial charge in [0.2, 0.25) is 8.32 Å². The van der Waals surface area contributed by atoms with E-state index in [-0.39, 0.29) is 22.6 Å². The molecular formula is C35H50N4O5Si. The number of aromatic nitrogens is 2. The molecule has 0 radical (unpaired) electrons. The zero-order valence-corrected chi connectivity index (χ0v) is 29.1. The minimum Gasteiger partial charge on any atom is -0.544 e. The van der Waals surface area contributed by atoms with Crippen LogP contribution in [0.4, 0.5) is 16.2 Å². The predicted molar refractivity (Wildman–Crippen MR) is 180 cm³/mol. The second-order valence-corrected chi connectivity index (χ2v) is 19.7. The number of ether oxygens (including phenoxy) is 2. The van der Waals surface area contributed by atoms with Crippen molar-refractivity contribution in [2.75, 3.05) is 25.1 Å². The van der Waals surface area contributed by atoms with Gasteiger partial charge in [0, 0.05) is 37.4 Å². The fourth-order valence-corrected chi connectivity index (χ4v) is 6.67. The van der Waals surface area contributed by atoms with E-state index in [1.807, 2.05) is 36.5 Å². The summed E-state index contributed by atoms with van der Waals surface area (Å²) in [5.41, 5.74) is 4.91. The molecule has 10 heteroatoms. The highest BCUT2D eigenvalue weighted by Gasteiger charge is 2.39. The van der Waals surface area contributed by atoms with E-state index >= 15 is 0 Å². The number of amides is 1. The third-order valence-corrected chi connectivity index (χ3v) is 13.9. The van der Waals surface area contributed by atoms with Crippen molar-refractivity contribution in [3.05, 3.63) is 65.5 Å². The second-order valence-electron chi connectivity index (χ2n) is 15.0. The van der Waals surface area contributed by atoms with E-state index in [1.165, 1.54) is 4.90 Å². The standard InChI is InChI=1S/C35H50N4O5Si/c1-34(2,3)32(43-31-11-9-10-24-22-38(33(40)41)18-16-28(24)31)20-30-29(21-36-39(30)26-17-19-42-23-26)37-25-12-14-27(15-13-25)44-45(7,8)35(4,5)6/h9-15,21,26,32,37H,16-20,22-23H2,1-8H3,(H,40,41). The molecule has 244 valence electrons. The molecule has 0 aliphatic carbocycles. The molecule has 1 amide bonds. The number of hydrogen-bond donors (Lipinski definition) is 2. The van der Waals surface area contributed by atoms with E-state index in [0.29, 0.717) is 32.5 Å². The van der Waals surface area contributed by atoms with Crippen molar-refractivity contribution in [3.8, 4) is 11.5 Å². The lowest BCUT2D eigenvalue weighted by Gasteiger charge is -2.36. The molecule has 3 aromatic rings. The molecule has 2 aliphatic heterocycles. The number of nitrogens with one attached hydrogen (secondary N) is 1. The molecule has 1 aromatic heterocycles. The van der Waals surface area contributed by atoms with Crippen LogP contribution in [0.3, 0.4) is 0 Å². The normalized spacial score (nSPS) is 18.0. The van der Waals surface area contributed by atoms with Crippen molar-refractivity contribution in [2.45, 2.75) is 97.6 Å². The van der Waals surface area contributed by atoms with E-state index in [2.05, 4.69) is 76.8 Å². The first-order chi connectivity index (χ1) is 21.1. The largest absolute Gasteiger partial charge is 0.544 e. The molecule has 2 N–H and O–H groups in total. The van der Waals surface area contributed by atoms with Crippen molar-refractivity contribution in [3.63, 3.8) is 0 Å². The summed E-state index contributed by atoms with van der Waals surface area (Å²) in [5, 5.41) is 18.2. The topological polar surface area (TPSA) is 98.1 Å². The highest BCUT2D eigenvalue weighted by Crippen LogP contribution is 2.39. The monoisotopic (exact) mass is 634 g/mol. The van der Waals surface area contributed by atoms with Crippen LogP contribution in [0, 0.1) is 5.41 Å². The summed E-state index contributed by atoms with van der Waals surface area (Å²) in [4.78, 5) is 13.1. The fourth-order valence-electron chi connectivity index (χ4n) is 5.64. The number of benzene rings is 2. The first-order valence-electron chi connectivity index (χ1n) is 16.1. The van der Waals surface area contributed by atoms with Crippen LogP contribution in [0.25, 0.3) is 0 Å². The average Bonchev–Trinajstić information content (AvgIpc) is 3.62. The van der Waals surface area contributed by atoms with Gasteiger partial charge in [-0.15, -0.1) is 0 Å². The van der Waals surface area contributed by atoms with Crippen molar-refractivity contribution in [1.29, 1.82) is 0 Å². The minimum atomic E-state index is -1.93. The van der Waals surface area contributed by atoms with Gasteiger partial charge in [-0.05, 0) is 72.3 Å². The lowest BCUT2D eigenvalue weighted by Crippen LogP contribution is -2.43. The number of carboxylic acid groups (broad SMARTS) is 1. The molecule has 0 saturated carbocycles. The average molecular weight is 635 g/mol. The third kappa shape index (κ3) is 7.49. The Hall–Kier alpha value is -3.50. The lowest BCUT2D eigenvalue weighted by atomic mass is 9.85. The zero-order chi connectivity index (χ0) is 32.6. The van der Waals surface area contributed by atoms with Crippen LogP contribution in [0.5, 0.6) is 11.5 Å². The number of carbonyl (C=O) groups is 1. The van der Waals surface area contributed by atoms with E-state index in [0.717, 1.165) is 52.7 Å². The minimum absolute atomic E-state index is 0.126. The molecule has 2 unspecified atom stereocenters. The van der Waals surface area contributed by atoms with E-state index < -0.39 is 14.4 Å². The molecule has 45 heavy (non-hydrogen) atoms. The highest BCUT2D eigenvalue weighted by atomic mass is 28.4. The van der Waals surface area contributed by atoms with Gasteiger partial charge in [-0.25, -0.2) is 4.79 Å². The predicted octanol–water partition coefficient (Wildman–Crippen LogP) is 8.04. The van der Waals surface area contributed by atoms with E-state index in [9.17, 15) is 9.90 Å². The smallest absolute Gasteiger partial charge is 0.407 e. The van der Waals surface area contributed by atoms with Crippen LogP contribution >= 0.6 is 0 Å². The number of anilines is 2. The number of hydrogen-bond acceptors (Lipinski definition) is 6. The van der Waals surface area contributed by atoms with Crippen molar-refractivity contribution in [1.82, 2.24) is 14.7 Å². The molecular weight excluding hydrogens is 584 g/mol. The van der Waals surface area contributed by atoms with Gasteiger partial charge in [0.1, 0.15) is 17.6 Å². The van der Waals surface area contributed by atoms with Crippen molar-refractivity contribution >= 4 is 25.8 Å². The first kappa shape index (κ1) is 32.9. The number of rotatable bonds is 9. The Labute approximate surface area is 269 Å². The summed E-state index contributed by atoms with van der Waals surface area (Å²) in [6, 6.07) is 14.4. The summed E-state index contributed by atoms with van der Waals surface area (Å²) in [6.07, 6.45) is 3.05.